The summed E-state index contributed by atoms with van der Waals surface area (Å²) in [6.45, 7) is -1.86. The molecule has 0 saturated heterocycles. The van der Waals surface area contributed by atoms with Crippen LogP contribution in [-0.2, 0) is 13.0 Å². The third kappa shape index (κ3) is 8.05. The van der Waals surface area contributed by atoms with Gasteiger partial charge in [-0.25, -0.2) is 0 Å². The van der Waals surface area contributed by atoms with Gasteiger partial charge >= 0.3 is 6.61 Å². The van der Waals surface area contributed by atoms with Crippen LogP contribution in [0.25, 0.3) is 0 Å². The highest BCUT2D eigenvalue weighted by atomic mass is 127. The smallest absolute Gasteiger partial charge is 0.387 e. The van der Waals surface area contributed by atoms with Crippen LogP contribution in [0.3, 0.4) is 0 Å². The minimum Gasteiger partial charge on any atom is -0.493 e. The van der Waals surface area contributed by atoms with Gasteiger partial charge in [0.1, 0.15) is 0 Å². The van der Waals surface area contributed by atoms with Crippen molar-refractivity contribution in [3.63, 3.8) is 0 Å². The lowest BCUT2D eigenvalue weighted by Gasteiger charge is -2.14. The molecule has 0 atom stereocenters. The Hall–Kier alpha value is -1.81. The van der Waals surface area contributed by atoms with E-state index in [1.807, 2.05) is 24.3 Å². The molecule has 0 fully saturated rings. The first-order valence-corrected chi connectivity index (χ1v) is 8.70. The van der Waals surface area contributed by atoms with Crippen molar-refractivity contribution < 1.29 is 18.3 Å². The van der Waals surface area contributed by atoms with Crippen LogP contribution in [0.1, 0.15) is 11.1 Å². The molecule has 0 saturated carbocycles. The summed E-state index contributed by atoms with van der Waals surface area (Å²) in [4.78, 5) is 4.15. The van der Waals surface area contributed by atoms with Crippen molar-refractivity contribution in [3.05, 3.63) is 58.6 Å². The van der Waals surface area contributed by atoms with Crippen molar-refractivity contribution in [2.24, 2.45) is 4.99 Å². The molecule has 0 aliphatic carbocycles. The number of guanidine groups is 1. The Morgan fingerprint density at radius 3 is 2.54 bits per heavy atom. The molecule has 28 heavy (non-hydrogen) atoms. The predicted molar refractivity (Wildman–Crippen MR) is 118 cm³/mol. The number of methoxy groups -OCH3 is 1. The molecule has 0 spiro atoms. The van der Waals surface area contributed by atoms with Crippen LogP contribution in [0.5, 0.6) is 11.5 Å². The molecule has 0 unspecified atom stereocenters. The van der Waals surface area contributed by atoms with E-state index in [9.17, 15) is 8.78 Å². The molecule has 0 radical (unpaired) electrons. The summed E-state index contributed by atoms with van der Waals surface area (Å²) >= 11 is 5.97. The molecular formula is C19H23ClF2IN3O2. The number of hydrogen-bond acceptors (Lipinski definition) is 3. The zero-order valence-electron chi connectivity index (χ0n) is 15.5. The van der Waals surface area contributed by atoms with E-state index in [-0.39, 0.29) is 35.5 Å². The summed E-state index contributed by atoms with van der Waals surface area (Å²) in [5, 5.41) is 7.03. The van der Waals surface area contributed by atoms with Crippen molar-refractivity contribution in [2.75, 3.05) is 20.7 Å². The van der Waals surface area contributed by atoms with Gasteiger partial charge in [-0.2, -0.15) is 8.78 Å². The van der Waals surface area contributed by atoms with Gasteiger partial charge in [0.2, 0.25) is 0 Å². The zero-order chi connectivity index (χ0) is 19.6. The fourth-order valence-electron chi connectivity index (χ4n) is 2.44. The Bertz CT molecular complexity index is 779. The SMILES string of the molecule is CN=C(NCCc1cccc(Cl)c1)NCc1ccc(OC)c(OC(F)F)c1.I. The standard InChI is InChI=1S/C19H22ClF2N3O2.HI/c1-23-19(24-9-8-13-4-3-5-15(20)10-13)25-12-14-6-7-16(26-2)17(11-14)27-18(21)22;/h3-7,10-11,18H,8-9,12H2,1-2H3,(H2,23,24,25);1H. The van der Waals surface area contributed by atoms with Crippen LogP contribution < -0.4 is 20.1 Å². The van der Waals surface area contributed by atoms with Crippen LogP contribution in [-0.4, -0.2) is 33.3 Å². The largest absolute Gasteiger partial charge is 0.493 e. The van der Waals surface area contributed by atoms with Crippen LogP contribution in [0.15, 0.2) is 47.5 Å². The fraction of sp³-hybridized carbons (Fsp3) is 0.316. The number of nitrogens with one attached hydrogen (secondary N) is 2. The summed E-state index contributed by atoms with van der Waals surface area (Å²) in [6.07, 6.45) is 0.788. The van der Waals surface area contributed by atoms with Gasteiger partial charge in [-0.15, -0.1) is 24.0 Å². The second kappa shape index (κ2) is 12.6. The molecule has 5 nitrogen and oxygen atoms in total. The lowest BCUT2D eigenvalue weighted by molar-refractivity contribution is -0.0512. The quantitative estimate of drug-likeness (QED) is 0.303. The second-order valence-electron chi connectivity index (χ2n) is 5.60. The van der Waals surface area contributed by atoms with Crippen molar-refractivity contribution in [3.8, 4) is 11.5 Å². The number of halogens is 4. The maximum Gasteiger partial charge on any atom is 0.387 e. The Kier molecular flexibility index (Phi) is 10.9. The molecule has 2 rings (SSSR count). The lowest BCUT2D eigenvalue weighted by Crippen LogP contribution is -2.37. The summed E-state index contributed by atoms with van der Waals surface area (Å²) in [5.74, 6) is 0.850. The average Bonchev–Trinajstić information content (AvgIpc) is 2.64. The van der Waals surface area contributed by atoms with Crippen molar-refractivity contribution in [2.45, 2.75) is 19.6 Å². The van der Waals surface area contributed by atoms with E-state index in [2.05, 4.69) is 20.4 Å². The van der Waals surface area contributed by atoms with Crippen LogP contribution in [0, 0.1) is 0 Å². The van der Waals surface area contributed by atoms with Crippen LogP contribution >= 0.6 is 35.6 Å². The Balaban J connectivity index is 0.00000392. The van der Waals surface area contributed by atoms with Crippen molar-refractivity contribution in [1.29, 1.82) is 0 Å². The van der Waals surface area contributed by atoms with Gasteiger partial charge in [0.05, 0.1) is 7.11 Å². The first-order valence-electron chi connectivity index (χ1n) is 8.32. The lowest BCUT2D eigenvalue weighted by atomic mass is 10.1. The van der Waals surface area contributed by atoms with Crippen LogP contribution in [0.4, 0.5) is 8.78 Å². The van der Waals surface area contributed by atoms with Gasteiger partial charge < -0.3 is 20.1 Å². The van der Waals surface area contributed by atoms with E-state index >= 15 is 0 Å². The fourth-order valence-corrected chi connectivity index (χ4v) is 2.66. The molecule has 0 aromatic heterocycles. The van der Waals surface area contributed by atoms with Gasteiger partial charge in [-0.1, -0.05) is 29.8 Å². The summed E-state index contributed by atoms with van der Waals surface area (Å²) in [7, 11) is 3.06. The molecular weight excluding hydrogens is 503 g/mol. The van der Waals surface area contributed by atoms with Crippen LogP contribution in [0.2, 0.25) is 5.02 Å². The van der Waals surface area contributed by atoms with Gasteiger partial charge in [0.25, 0.3) is 0 Å². The maximum atomic E-state index is 12.5. The number of benzene rings is 2. The summed E-state index contributed by atoms with van der Waals surface area (Å²) in [5.41, 5.74) is 1.87. The Labute approximate surface area is 185 Å². The monoisotopic (exact) mass is 525 g/mol. The number of alkyl halides is 2. The third-order valence-electron chi connectivity index (χ3n) is 3.72. The molecule has 154 valence electrons. The average molecular weight is 526 g/mol. The van der Waals surface area contributed by atoms with Gasteiger partial charge in [-0.3, -0.25) is 4.99 Å². The molecule has 0 aliphatic rings. The molecule has 2 aromatic carbocycles. The molecule has 2 aromatic rings. The van der Waals surface area contributed by atoms with E-state index in [0.717, 1.165) is 17.5 Å². The first kappa shape index (κ1) is 24.2. The number of nitrogens with zero attached hydrogens (tertiary/aromatic N) is 1. The molecule has 9 heteroatoms. The second-order valence-corrected chi connectivity index (χ2v) is 6.03. The third-order valence-corrected chi connectivity index (χ3v) is 3.96. The van der Waals surface area contributed by atoms with E-state index < -0.39 is 6.61 Å². The first-order chi connectivity index (χ1) is 13.0. The molecule has 0 heterocycles. The molecule has 0 aliphatic heterocycles. The number of hydrogen-bond donors (Lipinski definition) is 2. The minimum atomic E-state index is -2.91. The number of rotatable bonds is 8. The zero-order valence-corrected chi connectivity index (χ0v) is 18.6. The normalized spacial score (nSPS) is 11.0. The number of ether oxygens (including phenoxy) is 2. The predicted octanol–water partition coefficient (Wildman–Crippen LogP) is 4.48. The topological polar surface area (TPSA) is 54.9 Å². The van der Waals surface area contributed by atoms with Gasteiger partial charge in [-0.05, 0) is 41.8 Å². The van der Waals surface area contributed by atoms with E-state index in [4.69, 9.17) is 16.3 Å². The van der Waals surface area contributed by atoms with Crippen molar-refractivity contribution >= 4 is 41.5 Å². The van der Waals surface area contributed by atoms with E-state index in [1.54, 1.807) is 19.2 Å². The van der Waals surface area contributed by atoms with E-state index in [1.165, 1.54) is 13.2 Å². The minimum absolute atomic E-state index is 0. The van der Waals surface area contributed by atoms with Gasteiger partial charge in [0, 0.05) is 25.2 Å². The highest BCUT2D eigenvalue weighted by Gasteiger charge is 2.11. The Morgan fingerprint density at radius 1 is 1.11 bits per heavy atom. The molecule has 0 bridgehead atoms. The summed E-state index contributed by atoms with van der Waals surface area (Å²) < 4.78 is 34.5. The highest BCUT2D eigenvalue weighted by Crippen LogP contribution is 2.29. The maximum absolute atomic E-state index is 12.5. The van der Waals surface area contributed by atoms with E-state index in [0.29, 0.717) is 24.1 Å². The molecule has 2 N–H and O–H groups in total. The van der Waals surface area contributed by atoms with Gasteiger partial charge in [0.15, 0.2) is 17.5 Å². The van der Waals surface area contributed by atoms with Crippen molar-refractivity contribution in [1.82, 2.24) is 10.6 Å². The number of aliphatic imine (C=N–C) groups is 1. The Morgan fingerprint density at radius 2 is 1.89 bits per heavy atom. The molecule has 0 amide bonds. The summed E-state index contributed by atoms with van der Waals surface area (Å²) in [6, 6.07) is 12.5. The highest BCUT2D eigenvalue weighted by molar-refractivity contribution is 14.0.